The van der Waals surface area contributed by atoms with Crippen molar-refractivity contribution in [3.8, 4) is 11.4 Å². The van der Waals surface area contributed by atoms with E-state index in [1.165, 1.54) is 25.7 Å². The van der Waals surface area contributed by atoms with Crippen LogP contribution in [0, 0.1) is 5.92 Å². The zero-order valence-corrected chi connectivity index (χ0v) is 11.1. The Bertz CT molecular complexity index is 507. The molecule has 2 heterocycles. The fourth-order valence-corrected chi connectivity index (χ4v) is 2.90. The number of aromatic nitrogens is 2. The molecular weight excluding hydrogens is 242 g/mol. The summed E-state index contributed by atoms with van der Waals surface area (Å²) in [5.41, 5.74) is 0.865. The predicted molar refractivity (Wildman–Crippen MR) is 70.5 cm³/mol. The van der Waals surface area contributed by atoms with E-state index in [1.54, 1.807) is 12.5 Å². The summed E-state index contributed by atoms with van der Waals surface area (Å²) in [5.74, 6) is 1.93. The normalized spacial score (nSPS) is 23.6. The minimum atomic E-state index is 0.568. The highest BCUT2D eigenvalue weighted by molar-refractivity contribution is 5.51. The van der Waals surface area contributed by atoms with Gasteiger partial charge in [-0.1, -0.05) is 18.0 Å². The van der Waals surface area contributed by atoms with E-state index in [2.05, 4.69) is 15.5 Å². The summed E-state index contributed by atoms with van der Waals surface area (Å²) in [6.45, 7) is 0. The molecule has 1 saturated carbocycles. The molecule has 1 N–H and O–H groups in total. The number of nitrogens with one attached hydrogen (secondary N) is 1. The van der Waals surface area contributed by atoms with Crippen molar-refractivity contribution < 1.29 is 8.94 Å². The number of rotatable bonds is 4. The molecule has 5 nitrogen and oxygen atoms in total. The van der Waals surface area contributed by atoms with Gasteiger partial charge in [0.1, 0.15) is 6.26 Å². The smallest absolute Gasteiger partial charge is 0.227 e. The molecule has 2 unspecified atom stereocenters. The largest absolute Gasteiger partial charge is 0.472 e. The average Bonchev–Trinajstić information content (AvgIpc) is 3.09. The number of furan rings is 1. The van der Waals surface area contributed by atoms with Crippen LogP contribution in [0.15, 0.2) is 27.5 Å². The van der Waals surface area contributed by atoms with E-state index in [9.17, 15) is 0 Å². The molecule has 1 aliphatic rings. The maximum Gasteiger partial charge on any atom is 0.227 e. The second-order valence-corrected chi connectivity index (χ2v) is 5.17. The fraction of sp³-hybridized carbons (Fsp3) is 0.571. The average molecular weight is 261 g/mol. The molecule has 5 heteroatoms. The van der Waals surface area contributed by atoms with E-state index in [4.69, 9.17) is 8.94 Å². The van der Waals surface area contributed by atoms with E-state index < -0.39 is 0 Å². The van der Waals surface area contributed by atoms with Gasteiger partial charge in [-0.05, 0) is 31.9 Å². The molecule has 0 radical (unpaired) electrons. The first-order chi connectivity index (χ1) is 9.36. The molecule has 19 heavy (non-hydrogen) atoms. The zero-order chi connectivity index (χ0) is 13.1. The SMILES string of the molecule is CNC1CCCCC1Cc1nc(-c2ccoc2)no1. The van der Waals surface area contributed by atoms with Crippen LogP contribution in [0.3, 0.4) is 0 Å². The van der Waals surface area contributed by atoms with E-state index in [0.29, 0.717) is 17.8 Å². The van der Waals surface area contributed by atoms with Crippen molar-refractivity contribution in [2.75, 3.05) is 7.05 Å². The summed E-state index contributed by atoms with van der Waals surface area (Å²) < 4.78 is 10.4. The Morgan fingerprint density at radius 3 is 3.05 bits per heavy atom. The van der Waals surface area contributed by atoms with Gasteiger partial charge in [0.2, 0.25) is 11.7 Å². The van der Waals surface area contributed by atoms with Gasteiger partial charge in [0, 0.05) is 12.5 Å². The Labute approximate surface area is 112 Å². The summed E-state index contributed by atoms with van der Waals surface area (Å²) in [4.78, 5) is 4.45. The summed E-state index contributed by atoms with van der Waals surface area (Å²) in [6.07, 6.45) is 9.18. The first-order valence-corrected chi connectivity index (χ1v) is 6.89. The summed E-state index contributed by atoms with van der Waals surface area (Å²) >= 11 is 0. The van der Waals surface area contributed by atoms with E-state index in [1.807, 2.05) is 13.1 Å². The molecule has 1 aliphatic carbocycles. The van der Waals surface area contributed by atoms with E-state index in [-0.39, 0.29) is 0 Å². The Balaban J connectivity index is 1.69. The molecule has 0 saturated heterocycles. The van der Waals surface area contributed by atoms with Crippen LogP contribution in [0.2, 0.25) is 0 Å². The molecule has 0 aliphatic heterocycles. The van der Waals surface area contributed by atoms with Crippen LogP contribution in [0.1, 0.15) is 31.6 Å². The second kappa shape index (κ2) is 5.57. The summed E-state index contributed by atoms with van der Waals surface area (Å²) in [7, 11) is 2.04. The third kappa shape index (κ3) is 2.71. The minimum absolute atomic E-state index is 0.568. The maximum absolute atomic E-state index is 5.35. The number of hydrogen-bond donors (Lipinski definition) is 1. The zero-order valence-electron chi connectivity index (χ0n) is 11.1. The van der Waals surface area contributed by atoms with Gasteiger partial charge >= 0.3 is 0 Å². The summed E-state index contributed by atoms with van der Waals surface area (Å²) in [6, 6.07) is 2.41. The van der Waals surface area contributed by atoms with Crippen LogP contribution in [0.4, 0.5) is 0 Å². The third-order valence-corrected chi connectivity index (χ3v) is 3.96. The Hall–Kier alpha value is -1.62. The molecule has 102 valence electrons. The van der Waals surface area contributed by atoms with Crippen molar-refractivity contribution in [1.29, 1.82) is 0 Å². The lowest BCUT2D eigenvalue weighted by Gasteiger charge is -2.30. The molecule has 0 bridgehead atoms. The monoisotopic (exact) mass is 261 g/mol. The molecule has 0 amide bonds. The topological polar surface area (TPSA) is 64.1 Å². The van der Waals surface area contributed by atoms with Gasteiger partial charge in [-0.2, -0.15) is 4.98 Å². The molecule has 0 spiro atoms. The molecule has 2 aromatic heterocycles. The molecule has 3 rings (SSSR count). The Morgan fingerprint density at radius 1 is 1.37 bits per heavy atom. The molecular formula is C14H19N3O2. The Kier molecular flexibility index (Phi) is 3.64. The van der Waals surface area contributed by atoms with Crippen molar-refractivity contribution in [1.82, 2.24) is 15.5 Å². The van der Waals surface area contributed by atoms with Crippen LogP contribution >= 0.6 is 0 Å². The standard InChI is InChI=1S/C14H19N3O2/c1-15-12-5-3-2-4-10(12)8-13-16-14(17-19-13)11-6-7-18-9-11/h6-7,9-10,12,15H,2-5,8H2,1H3. The van der Waals surface area contributed by atoms with E-state index >= 15 is 0 Å². The number of nitrogens with zero attached hydrogens (tertiary/aromatic N) is 2. The molecule has 2 atom stereocenters. The lowest BCUT2D eigenvalue weighted by Crippen LogP contribution is -2.37. The first-order valence-electron chi connectivity index (χ1n) is 6.89. The van der Waals surface area contributed by atoms with Crippen molar-refractivity contribution >= 4 is 0 Å². The third-order valence-electron chi connectivity index (χ3n) is 3.96. The van der Waals surface area contributed by atoms with Gasteiger partial charge in [-0.15, -0.1) is 0 Å². The second-order valence-electron chi connectivity index (χ2n) is 5.17. The highest BCUT2D eigenvalue weighted by atomic mass is 16.5. The highest BCUT2D eigenvalue weighted by Gasteiger charge is 2.26. The molecule has 0 aromatic carbocycles. The lowest BCUT2D eigenvalue weighted by atomic mass is 9.82. The van der Waals surface area contributed by atoms with Gasteiger partial charge in [0.25, 0.3) is 0 Å². The quantitative estimate of drug-likeness (QED) is 0.916. The van der Waals surface area contributed by atoms with Crippen LogP contribution in [0.5, 0.6) is 0 Å². The van der Waals surface area contributed by atoms with Gasteiger partial charge in [0.15, 0.2) is 0 Å². The minimum Gasteiger partial charge on any atom is -0.472 e. The van der Waals surface area contributed by atoms with E-state index in [0.717, 1.165) is 17.9 Å². The maximum atomic E-state index is 5.35. The van der Waals surface area contributed by atoms with Crippen molar-refractivity contribution in [3.63, 3.8) is 0 Å². The van der Waals surface area contributed by atoms with Crippen LogP contribution in [-0.2, 0) is 6.42 Å². The highest BCUT2D eigenvalue weighted by Crippen LogP contribution is 2.27. The van der Waals surface area contributed by atoms with Crippen LogP contribution in [0.25, 0.3) is 11.4 Å². The van der Waals surface area contributed by atoms with Crippen molar-refractivity contribution in [2.45, 2.75) is 38.1 Å². The predicted octanol–water partition coefficient (Wildman–Crippen LogP) is 2.65. The van der Waals surface area contributed by atoms with Crippen molar-refractivity contribution in [2.24, 2.45) is 5.92 Å². The van der Waals surface area contributed by atoms with Gasteiger partial charge in [-0.25, -0.2) is 0 Å². The number of hydrogen-bond acceptors (Lipinski definition) is 5. The van der Waals surface area contributed by atoms with Gasteiger partial charge < -0.3 is 14.3 Å². The van der Waals surface area contributed by atoms with Gasteiger partial charge in [0.05, 0.1) is 11.8 Å². The molecule has 1 fully saturated rings. The molecule has 2 aromatic rings. The lowest BCUT2D eigenvalue weighted by molar-refractivity contribution is 0.248. The van der Waals surface area contributed by atoms with Crippen LogP contribution in [-0.4, -0.2) is 23.2 Å². The van der Waals surface area contributed by atoms with Crippen molar-refractivity contribution in [3.05, 3.63) is 24.5 Å². The first kappa shape index (κ1) is 12.4. The van der Waals surface area contributed by atoms with Gasteiger partial charge in [-0.3, -0.25) is 0 Å². The summed E-state index contributed by atoms with van der Waals surface area (Å²) in [5, 5.41) is 7.41. The fourth-order valence-electron chi connectivity index (χ4n) is 2.90. The van der Waals surface area contributed by atoms with Crippen LogP contribution < -0.4 is 5.32 Å². The Morgan fingerprint density at radius 2 is 2.26 bits per heavy atom.